The molecule has 0 saturated carbocycles. The van der Waals surface area contributed by atoms with Crippen LogP contribution in [0.5, 0.6) is 0 Å². The zero-order chi connectivity index (χ0) is 7.11. The standard InChI is InChI=1S/C3H6O.C2H4O.C2H6.2CH4/c1-3-2-4-3;1-2-3-1;1-2;;/h3H,2H2,1H3;1-2H2;1-2H3;2*1H4. The molecule has 0 N–H and O–H groups in total. The van der Waals surface area contributed by atoms with Gasteiger partial charge in [0.2, 0.25) is 0 Å². The molecule has 0 amide bonds. The van der Waals surface area contributed by atoms with Crippen LogP contribution in [0.15, 0.2) is 0 Å². The molecule has 1 atom stereocenters. The molecular formula is C9H24O2. The van der Waals surface area contributed by atoms with E-state index >= 15 is 0 Å². The van der Waals surface area contributed by atoms with Gasteiger partial charge >= 0.3 is 0 Å². The van der Waals surface area contributed by atoms with E-state index in [2.05, 4.69) is 11.7 Å². The molecule has 0 aromatic heterocycles. The quantitative estimate of drug-likeness (QED) is 0.514. The van der Waals surface area contributed by atoms with Gasteiger partial charge in [0.1, 0.15) is 0 Å². The molecule has 2 heterocycles. The van der Waals surface area contributed by atoms with Crippen LogP contribution in [0.1, 0.15) is 35.6 Å². The van der Waals surface area contributed by atoms with Crippen molar-refractivity contribution >= 4 is 0 Å². The van der Waals surface area contributed by atoms with Crippen molar-refractivity contribution in [2.24, 2.45) is 0 Å². The molecule has 2 saturated heterocycles. The van der Waals surface area contributed by atoms with E-state index in [1.807, 2.05) is 13.8 Å². The Labute approximate surface area is 71.9 Å². The predicted molar refractivity (Wildman–Crippen MR) is 51.0 cm³/mol. The molecule has 0 spiro atoms. The fraction of sp³-hybridized carbons (Fsp3) is 1.00. The Hall–Kier alpha value is -0.0800. The summed E-state index contributed by atoms with van der Waals surface area (Å²) in [5.74, 6) is 0. The van der Waals surface area contributed by atoms with Crippen molar-refractivity contribution in [2.45, 2.75) is 41.7 Å². The van der Waals surface area contributed by atoms with E-state index in [0.717, 1.165) is 19.8 Å². The second kappa shape index (κ2) is 12.6. The first kappa shape index (κ1) is 17.1. The van der Waals surface area contributed by atoms with Gasteiger partial charge in [-0.15, -0.1) is 0 Å². The summed E-state index contributed by atoms with van der Waals surface area (Å²) < 4.78 is 9.21. The normalized spacial score (nSPS) is 21.5. The molecule has 0 aromatic rings. The molecule has 0 bridgehead atoms. The average molecular weight is 164 g/mol. The maximum atomic E-state index is 4.71. The van der Waals surface area contributed by atoms with E-state index < -0.39 is 0 Å². The second-order valence-corrected chi connectivity index (χ2v) is 1.76. The van der Waals surface area contributed by atoms with Crippen molar-refractivity contribution in [3.05, 3.63) is 0 Å². The maximum Gasteiger partial charge on any atom is 0.0781 e. The van der Waals surface area contributed by atoms with Crippen LogP contribution >= 0.6 is 0 Å². The average Bonchev–Trinajstić information content (AvgIpc) is 2.67. The molecule has 2 fully saturated rings. The van der Waals surface area contributed by atoms with Crippen LogP contribution in [0.2, 0.25) is 0 Å². The summed E-state index contributed by atoms with van der Waals surface area (Å²) in [7, 11) is 0. The number of hydrogen-bond acceptors (Lipinski definition) is 2. The van der Waals surface area contributed by atoms with E-state index in [1.165, 1.54) is 0 Å². The monoisotopic (exact) mass is 164 g/mol. The molecule has 0 aliphatic carbocycles. The molecule has 0 radical (unpaired) electrons. The van der Waals surface area contributed by atoms with E-state index in [-0.39, 0.29) is 14.9 Å². The van der Waals surface area contributed by atoms with Gasteiger partial charge in [0, 0.05) is 0 Å². The molecule has 1 unspecified atom stereocenters. The Morgan fingerprint density at radius 1 is 1.09 bits per heavy atom. The highest BCUT2D eigenvalue weighted by atomic mass is 16.6. The summed E-state index contributed by atoms with van der Waals surface area (Å²) >= 11 is 0. The van der Waals surface area contributed by atoms with Crippen LogP contribution in [0.25, 0.3) is 0 Å². The lowest BCUT2D eigenvalue weighted by atomic mass is 10.6. The Balaban J connectivity index is -0.0000000846. The first-order chi connectivity index (χ1) is 4.39. The van der Waals surface area contributed by atoms with E-state index in [1.54, 1.807) is 0 Å². The summed E-state index contributed by atoms with van der Waals surface area (Å²) in [6.45, 7) is 9.04. The van der Waals surface area contributed by atoms with E-state index in [4.69, 9.17) is 4.74 Å². The largest absolute Gasteiger partial charge is 0.377 e. The highest BCUT2D eigenvalue weighted by molar-refractivity contribution is 4.58. The Bertz CT molecular complexity index is 46.8. The van der Waals surface area contributed by atoms with Gasteiger partial charge in [0.25, 0.3) is 0 Å². The highest BCUT2D eigenvalue weighted by Crippen LogP contribution is 2.04. The number of epoxide rings is 2. The van der Waals surface area contributed by atoms with Crippen LogP contribution in [-0.2, 0) is 9.47 Å². The molecule has 2 nitrogen and oxygen atoms in total. The van der Waals surface area contributed by atoms with Crippen molar-refractivity contribution in [3.63, 3.8) is 0 Å². The van der Waals surface area contributed by atoms with Crippen molar-refractivity contribution in [1.82, 2.24) is 0 Å². The third kappa shape index (κ3) is 40.5. The zero-order valence-corrected chi connectivity index (χ0v) is 6.52. The Kier molecular flexibility index (Phi) is 19.6. The first-order valence-electron chi connectivity index (χ1n) is 3.59. The summed E-state index contributed by atoms with van der Waals surface area (Å²) in [6.07, 6.45) is 0.583. The van der Waals surface area contributed by atoms with Crippen molar-refractivity contribution in [2.75, 3.05) is 19.8 Å². The molecule has 0 aromatic carbocycles. The van der Waals surface area contributed by atoms with Gasteiger partial charge in [-0.3, -0.25) is 0 Å². The zero-order valence-electron chi connectivity index (χ0n) is 6.52. The van der Waals surface area contributed by atoms with Crippen LogP contribution in [0.3, 0.4) is 0 Å². The van der Waals surface area contributed by atoms with Gasteiger partial charge in [-0.05, 0) is 6.92 Å². The third-order valence-electron chi connectivity index (χ3n) is 0.704. The lowest BCUT2D eigenvalue weighted by Gasteiger charge is -1.50. The van der Waals surface area contributed by atoms with Crippen LogP contribution in [0.4, 0.5) is 0 Å². The fourth-order valence-corrected chi connectivity index (χ4v) is 0.0962. The summed E-state index contributed by atoms with van der Waals surface area (Å²) in [6, 6.07) is 0. The van der Waals surface area contributed by atoms with Crippen LogP contribution in [0, 0.1) is 0 Å². The predicted octanol–water partition coefficient (Wildman–Crippen LogP) is 2.72. The van der Waals surface area contributed by atoms with Gasteiger partial charge in [0.05, 0.1) is 25.9 Å². The fourth-order valence-electron chi connectivity index (χ4n) is 0.0962. The Morgan fingerprint density at radius 3 is 1.27 bits per heavy atom. The number of ether oxygens (including phenoxy) is 2. The molecular weight excluding hydrogens is 140 g/mol. The lowest BCUT2D eigenvalue weighted by Crippen LogP contribution is -1.60. The van der Waals surface area contributed by atoms with E-state index in [9.17, 15) is 0 Å². The summed E-state index contributed by atoms with van der Waals surface area (Å²) in [4.78, 5) is 0. The number of hydrogen-bond donors (Lipinski definition) is 0. The highest BCUT2D eigenvalue weighted by Gasteiger charge is 2.13. The SMILES string of the molecule is C.C.C1CO1.CC.CC1CO1. The Morgan fingerprint density at radius 2 is 1.27 bits per heavy atom. The van der Waals surface area contributed by atoms with Crippen LogP contribution in [-0.4, -0.2) is 25.9 Å². The first-order valence-corrected chi connectivity index (χ1v) is 3.59. The minimum absolute atomic E-state index is 0. The molecule has 2 aliphatic heterocycles. The molecule has 2 heteroatoms. The topological polar surface area (TPSA) is 25.1 Å². The minimum atomic E-state index is 0. The molecule has 72 valence electrons. The lowest BCUT2D eigenvalue weighted by molar-refractivity contribution is 0.423. The maximum absolute atomic E-state index is 4.71. The molecule has 11 heavy (non-hydrogen) atoms. The van der Waals surface area contributed by atoms with E-state index in [0.29, 0.717) is 6.10 Å². The summed E-state index contributed by atoms with van der Waals surface area (Å²) in [5.41, 5.74) is 0. The van der Waals surface area contributed by atoms with Gasteiger partial charge in [-0.25, -0.2) is 0 Å². The molecule has 2 rings (SSSR count). The van der Waals surface area contributed by atoms with Crippen molar-refractivity contribution in [3.8, 4) is 0 Å². The van der Waals surface area contributed by atoms with Gasteiger partial charge < -0.3 is 9.47 Å². The molecule has 2 aliphatic rings. The van der Waals surface area contributed by atoms with Crippen LogP contribution < -0.4 is 0 Å². The van der Waals surface area contributed by atoms with Gasteiger partial charge in [0.15, 0.2) is 0 Å². The second-order valence-electron chi connectivity index (χ2n) is 1.76. The van der Waals surface area contributed by atoms with Crippen molar-refractivity contribution < 1.29 is 9.47 Å². The smallest absolute Gasteiger partial charge is 0.0781 e. The third-order valence-corrected chi connectivity index (χ3v) is 0.704. The van der Waals surface area contributed by atoms with Gasteiger partial charge in [-0.1, -0.05) is 28.7 Å². The van der Waals surface area contributed by atoms with Gasteiger partial charge in [-0.2, -0.15) is 0 Å². The minimum Gasteiger partial charge on any atom is -0.377 e. The van der Waals surface area contributed by atoms with Crippen molar-refractivity contribution in [1.29, 1.82) is 0 Å². The summed E-state index contributed by atoms with van der Waals surface area (Å²) in [5, 5.41) is 0. The number of rotatable bonds is 0.